The van der Waals surface area contributed by atoms with Crippen LogP contribution in [0.4, 0.5) is 4.39 Å². The van der Waals surface area contributed by atoms with E-state index < -0.39 is 0 Å². The Bertz CT molecular complexity index is 591. The minimum atomic E-state index is -0.250. The van der Waals surface area contributed by atoms with Crippen molar-refractivity contribution in [2.45, 2.75) is 26.3 Å². The van der Waals surface area contributed by atoms with Gasteiger partial charge in [-0.25, -0.2) is 9.37 Å². The van der Waals surface area contributed by atoms with E-state index in [4.69, 9.17) is 11.6 Å². The van der Waals surface area contributed by atoms with Gasteiger partial charge in [0.1, 0.15) is 11.6 Å². The number of hydrogen-bond acceptors (Lipinski definition) is 1. The molecule has 2 nitrogen and oxygen atoms in total. The molecular formula is C14H14ClFN2. The third-order valence-electron chi connectivity index (χ3n) is 3.51. The molecule has 1 aliphatic heterocycles. The smallest absolute Gasteiger partial charge is 0.150 e. The maximum absolute atomic E-state index is 13.9. The quantitative estimate of drug-likeness (QED) is 0.763. The first-order chi connectivity index (χ1) is 8.66. The molecule has 1 atom stereocenters. The second-order valence-electron chi connectivity index (χ2n) is 4.91. The molecule has 0 radical (unpaired) electrons. The van der Waals surface area contributed by atoms with Crippen molar-refractivity contribution in [3.05, 3.63) is 40.9 Å². The van der Waals surface area contributed by atoms with E-state index in [-0.39, 0.29) is 5.82 Å². The number of halogens is 2. The van der Waals surface area contributed by atoms with E-state index in [1.807, 2.05) is 6.07 Å². The molecule has 0 bridgehead atoms. The molecule has 1 aliphatic rings. The van der Waals surface area contributed by atoms with Gasteiger partial charge in [0.2, 0.25) is 0 Å². The first-order valence-electron chi connectivity index (χ1n) is 6.16. The van der Waals surface area contributed by atoms with Crippen molar-refractivity contribution in [1.82, 2.24) is 9.55 Å². The van der Waals surface area contributed by atoms with Gasteiger partial charge < -0.3 is 4.57 Å². The Hall–Kier alpha value is -1.35. The highest BCUT2D eigenvalue weighted by Crippen LogP contribution is 2.32. The lowest BCUT2D eigenvalue weighted by Gasteiger charge is -2.22. The molecule has 0 saturated carbocycles. The van der Waals surface area contributed by atoms with Gasteiger partial charge in [0.05, 0.1) is 11.3 Å². The summed E-state index contributed by atoms with van der Waals surface area (Å²) in [5.74, 6) is 0.980. The maximum atomic E-state index is 13.9. The van der Waals surface area contributed by atoms with Gasteiger partial charge in [-0.3, -0.25) is 0 Å². The highest BCUT2D eigenvalue weighted by molar-refractivity contribution is 6.30. The minimum absolute atomic E-state index is 0.250. The fraction of sp³-hybridized carbons (Fsp3) is 0.357. The van der Waals surface area contributed by atoms with Crippen molar-refractivity contribution in [2.75, 3.05) is 0 Å². The summed E-state index contributed by atoms with van der Waals surface area (Å²) in [7, 11) is 0. The van der Waals surface area contributed by atoms with Gasteiger partial charge in [0, 0.05) is 6.54 Å². The number of aromatic nitrogens is 2. The monoisotopic (exact) mass is 264 g/mol. The van der Waals surface area contributed by atoms with Crippen molar-refractivity contribution in [2.24, 2.45) is 5.92 Å². The summed E-state index contributed by atoms with van der Waals surface area (Å²) in [5.41, 5.74) is 1.56. The molecule has 94 valence electrons. The molecule has 3 rings (SSSR count). The molecule has 1 aromatic heterocycles. The van der Waals surface area contributed by atoms with Crippen LogP contribution in [-0.2, 0) is 13.0 Å². The molecule has 1 aromatic carbocycles. The number of imidazole rings is 1. The van der Waals surface area contributed by atoms with E-state index in [9.17, 15) is 4.39 Å². The average molecular weight is 265 g/mol. The second-order valence-corrected chi connectivity index (χ2v) is 5.27. The van der Waals surface area contributed by atoms with Crippen LogP contribution < -0.4 is 0 Å². The van der Waals surface area contributed by atoms with Crippen LogP contribution in [0.1, 0.15) is 19.0 Å². The van der Waals surface area contributed by atoms with E-state index in [1.54, 1.807) is 12.1 Å². The lowest BCUT2D eigenvalue weighted by molar-refractivity contribution is 0.402. The molecule has 2 aromatic rings. The normalized spacial score (nSPS) is 18.7. The molecular weight excluding hydrogens is 251 g/mol. The number of rotatable bonds is 1. The average Bonchev–Trinajstić information content (AvgIpc) is 2.67. The lowest BCUT2D eigenvalue weighted by Crippen LogP contribution is -2.18. The molecule has 0 spiro atoms. The molecule has 18 heavy (non-hydrogen) atoms. The summed E-state index contributed by atoms with van der Waals surface area (Å²) < 4.78 is 15.9. The Labute approximate surface area is 110 Å². The van der Waals surface area contributed by atoms with Gasteiger partial charge in [-0.1, -0.05) is 30.7 Å². The summed E-state index contributed by atoms with van der Waals surface area (Å²) in [6.45, 7) is 3.06. The van der Waals surface area contributed by atoms with E-state index >= 15 is 0 Å². The Balaban J connectivity index is 2.17. The summed E-state index contributed by atoms with van der Waals surface area (Å²) in [6.07, 6.45) is 2.03. The summed E-state index contributed by atoms with van der Waals surface area (Å²) in [5, 5.41) is 0.514. The third-order valence-corrected chi connectivity index (χ3v) is 3.81. The van der Waals surface area contributed by atoms with Crippen LogP contribution in [0.5, 0.6) is 0 Å². The molecule has 4 heteroatoms. The van der Waals surface area contributed by atoms with E-state index in [2.05, 4.69) is 16.5 Å². The van der Waals surface area contributed by atoms with Crippen molar-refractivity contribution >= 4 is 11.6 Å². The van der Waals surface area contributed by atoms with Crippen LogP contribution >= 0.6 is 11.6 Å². The van der Waals surface area contributed by atoms with Gasteiger partial charge in [-0.15, -0.1) is 0 Å². The predicted octanol–water partition coefficient (Wildman–Crippen LogP) is 3.92. The number of hydrogen-bond donors (Lipinski definition) is 0. The van der Waals surface area contributed by atoms with Crippen LogP contribution in [0, 0.1) is 11.7 Å². The van der Waals surface area contributed by atoms with Crippen LogP contribution in [-0.4, -0.2) is 9.55 Å². The van der Waals surface area contributed by atoms with Crippen molar-refractivity contribution < 1.29 is 4.39 Å². The third kappa shape index (κ3) is 1.83. The Kier molecular flexibility index (Phi) is 2.86. The fourth-order valence-electron chi connectivity index (χ4n) is 2.53. The van der Waals surface area contributed by atoms with Crippen LogP contribution in [0.2, 0.25) is 5.15 Å². The Morgan fingerprint density at radius 1 is 1.39 bits per heavy atom. The Morgan fingerprint density at radius 3 is 2.94 bits per heavy atom. The van der Waals surface area contributed by atoms with Crippen molar-refractivity contribution in [3.63, 3.8) is 0 Å². The van der Waals surface area contributed by atoms with Gasteiger partial charge in [-0.05, 0) is 30.9 Å². The van der Waals surface area contributed by atoms with Crippen LogP contribution in [0.3, 0.4) is 0 Å². The molecule has 0 N–H and O–H groups in total. The van der Waals surface area contributed by atoms with Gasteiger partial charge in [-0.2, -0.15) is 0 Å². The summed E-state index contributed by atoms with van der Waals surface area (Å²) in [4.78, 5) is 4.35. The fourth-order valence-corrected chi connectivity index (χ4v) is 2.80. The standard InChI is InChI=1S/C14H14ClFN2/c1-9-6-7-12-13(15)17-14(18(12)8-9)10-4-2-3-5-11(10)16/h2-5,9H,6-8H2,1H3. The number of nitrogens with zero attached hydrogens (tertiary/aromatic N) is 2. The van der Waals surface area contributed by atoms with Crippen molar-refractivity contribution in [3.8, 4) is 11.4 Å². The van der Waals surface area contributed by atoms with E-state index in [0.29, 0.717) is 22.5 Å². The zero-order valence-corrected chi connectivity index (χ0v) is 10.9. The molecule has 0 saturated heterocycles. The molecule has 2 heterocycles. The summed E-state index contributed by atoms with van der Waals surface area (Å²) in [6, 6.07) is 6.71. The number of benzene rings is 1. The van der Waals surface area contributed by atoms with E-state index in [0.717, 1.165) is 25.1 Å². The molecule has 0 aliphatic carbocycles. The molecule has 1 unspecified atom stereocenters. The Morgan fingerprint density at radius 2 is 2.17 bits per heavy atom. The maximum Gasteiger partial charge on any atom is 0.150 e. The largest absolute Gasteiger partial charge is 0.326 e. The topological polar surface area (TPSA) is 17.8 Å². The second kappa shape index (κ2) is 4.39. The van der Waals surface area contributed by atoms with Crippen molar-refractivity contribution in [1.29, 1.82) is 0 Å². The SMILES string of the molecule is CC1CCc2c(Cl)nc(-c3ccccc3F)n2C1. The lowest BCUT2D eigenvalue weighted by atomic mass is 10.00. The van der Waals surface area contributed by atoms with Gasteiger partial charge in [0.25, 0.3) is 0 Å². The first-order valence-corrected chi connectivity index (χ1v) is 6.54. The van der Waals surface area contributed by atoms with Crippen LogP contribution in [0.25, 0.3) is 11.4 Å². The molecule has 0 amide bonds. The first kappa shape index (κ1) is 11.7. The highest BCUT2D eigenvalue weighted by Gasteiger charge is 2.24. The zero-order chi connectivity index (χ0) is 12.7. The minimum Gasteiger partial charge on any atom is -0.326 e. The predicted molar refractivity (Wildman–Crippen MR) is 70.1 cm³/mol. The number of fused-ring (bicyclic) bond motifs is 1. The molecule has 0 fully saturated rings. The van der Waals surface area contributed by atoms with Crippen LogP contribution in [0.15, 0.2) is 24.3 Å². The zero-order valence-electron chi connectivity index (χ0n) is 10.2. The highest BCUT2D eigenvalue weighted by atomic mass is 35.5. The van der Waals surface area contributed by atoms with Gasteiger partial charge in [0.15, 0.2) is 5.15 Å². The van der Waals surface area contributed by atoms with E-state index in [1.165, 1.54) is 6.07 Å². The van der Waals surface area contributed by atoms with Gasteiger partial charge >= 0.3 is 0 Å². The summed E-state index contributed by atoms with van der Waals surface area (Å²) >= 11 is 6.16.